The van der Waals surface area contributed by atoms with Gasteiger partial charge < -0.3 is 24.6 Å². The van der Waals surface area contributed by atoms with Crippen molar-refractivity contribution < 1.29 is 24.9 Å². The largest absolute Gasteiger partial charge is 0.454 e. The fourth-order valence-electron chi connectivity index (χ4n) is 7.16. The van der Waals surface area contributed by atoms with Gasteiger partial charge in [-0.3, -0.25) is 4.79 Å². The maximum atomic E-state index is 14.2. The van der Waals surface area contributed by atoms with Crippen molar-refractivity contribution in [1.82, 2.24) is 9.55 Å². The first-order valence-electron chi connectivity index (χ1n) is 11.1. The van der Waals surface area contributed by atoms with E-state index in [9.17, 15) is 20.1 Å². The number of allylic oxidation sites excluding steroid dienone is 1. The van der Waals surface area contributed by atoms with Crippen molar-refractivity contribution in [3.8, 4) is 6.01 Å². The molecule has 1 spiro atoms. The highest BCUT2D eigenvalue weighted by atomic mass is 16.5. The molecule has 2 saturated carbocycles. The van der Waals surface area contributed by atoms with Crippen molar-refractivity contribution in [2.75, 3.05) is 6.61 Å². The Labute approximate surface area is 182 Å². The van der Waals surface area contributed by atoms with Gasteiger partial charge in [-0.15, -0.1) is 0 Å². The lowest BCUT2D eigenvalue weighted by Crippen LogP contribution is -2.66. The maximum absolute atomic E-state index is 14.2. The lowest BCUT2D eigenvalue weighted by atomic mass is 9.59. The first-order valence-corrected chi connectivity index (χ1v) is 11.1. The molecule has 4 aliphatic rings. The number of Topliss-reactive ketones (excluding diaryl/α,β-unsaturated/α-hetero) is 1. The number of imidazole rings is 1. The van der Waals surface area contributed by atoms with Crippen molar-refractivity contribution in [1.29, 1.82) is 0 Å². The van der Waals surface area contributed by atoms with Crippen LogP contribution in [0, 0.1) is 34.5 Å². The molecular weight excluding hydrogens is 396 g/mol. The van der Waals surface area contributed by atoms with Crippen LogP contribution < -0.4 is 4.74 Å². The Kier molecular flexibility index (Phi) is 4.25. The van der Waals surface area contributed by atoms with Crippen LogP contribution >= 0.6 is 0 Å². The molecule has 7 heteroatoms. The number of aromatic nitrogens is 2. The highest BCUT2D eigenvalue weighted by molar-refractivity contribution is 5.95. The predicted octanol–water partition coefficient (Wildman–Crippen LogP) is 1.64. The molecule has 0 saturated heterocycles. The zero-order valence-corrected chi connectivity index (χ0v) is 18.7. The standard InChI is InChI=1S/C24H32N2O5/c1-12-10-23-13(2)8-16-17(22(16,3)4)15(19(23)29)9-14(11-27)18(28)24(23,30)20(12)31-21-25-6-7-26(21)5/h6-7,9-10,13,15-18,20,27-28,30H,8,11H2,1-5H3/t13-,15+,16-,17+,18-,20+,23+,24+/m1/s1. The van der Waals surface area contributed by atoms with Gasteiger partial charge in [-0.25, -0.2) is 4.98 Å². The quantitative estimate of drug-likeness (QED) is 0.632. The molecule has 1 aromatic heterocycles. The monoisotopic (exact) mass is 428 g/mol. The molecule has 2 bridgehead atoms. The SMILES string of the molecule is CC1=C[C@]23C(=O)[C@@H](C=C(CO)[C@@H](O)[C@]2(O)[C@H]1Oc1nccn1C)[C@H]1[C@@H](C[C@H]3C)C1(C)C. The van der Waals surface area contributed by atoms with Gasteiger partial charge >= 0.3 is 0 Å². The molecule has 1 aromatic rings. The Balaban J connectivity index is 1.71. The Hall–Kier alpha value is -1.96. The van der Waals surface area contributed by atoms with Gasteiger partial charge in [0.05, 0.1) is 12.0 Å². The van der Waals surface area contributed by atoms with E-state index >= 15 is 0 Å². The van der Waals surface area contributed by atoms with Crippen LogP contribution in [0.1, 0.15) is 34.1 Å². The highest BCUT2D eigenvalue weighted by Gasteiger charge is 2.76. The van der Waals surface area contributed by atoms with Gasteiger partial charge in [0.2, 0.25) is 0 Å². The highest BCUT2D eigenvalue weighted by Crippen LogP contribution is 2.71. The molecule has 31 heavy (non-hydrogen) atoms. The molecule has 1 heterocycles. The summed E-state index contributed by atoms with van der Waals surface area (Å²) in [6.07, 6.45) is 5.29. The number of aryl methyl sites for hydroxylation is 1. The number of aliphatic hydroxyl groups is 3. The summed E-state index contributed by atoms with van der Waals surface area (Å²) in [4.78, 5) is 18.5. The van der Waals surface area contributed by atoms with Gasteiger partial charge in [0.25, 0.3) is 6.01 Å². The number of ether oxygens (including phenoxy) is 1. The Morgan fingerprint density at radius 1 is 1.35 bits per heavy atom. The van der Waals surface area contributed by atoms with Gasteiger partial charge in [0, 0.05) is 25.4 Å². The van der Waals surface area contributed by atoms with Gasteiger partial charge in [0.15, 0.2) is 17.5 Å². The van der Waals surface area contributed by atoms with E-state index in [2.05, 4.69) is 18.8 Å². The van der Waals surface area contributed by atoms with Gasteiger partial charge in [0.1, 0.15) is 6.10 Å². The predicted molar refractivity (Wildman–Crippen MR) is 113 cm³/mol. The third-order valence-corrected chi connectivity index (χ3v) is 8.90. The smallest absolute Gasteiger partial charge is 0.296 e. The van der Waals surface area contributed by atoms with Gasteiger partial charge in [-0.2, -0.15) is 0 Å². The van der Waals surface area contributed by atoms with E-state index in [4.69, 9.17) is 4.74 Å². The van der Waals surface area contributed by atoms with Crippen LogP contribution in [-0.2, 0) is 11.8 Å². The zero-order chi connectivity index (χ0) is 22.5. The molecule has 5 rings (SSSR count). The van der Waals surface area contributed by atoms with Crippen molar-refractivity contribution in [2.45, 2.75) is 51.9 Å². The molecule has 168 valence electrons. The number of hydrogen-bond acceptors (Lipinski definition) is 6. The lowest BCUT2D eigenvalue weighted by Gasteiger charge is -2.48. The molecular formula is C24H32N2O5. The molecule has 0 aliphatic heterocycles. The third-order valence-electron chi connectivity index (χ3n) is 8.90. The Morgan fingerprint density at radius 2 is 2.06 bits per heavy atom. The van der Waals surface area contributed by atoms with E-state index in [0.29, 0.717) is 17.5 Å². The van der Waals surface area contributed by atoms with E-state index < -0.39 is 35.7 Å². The van der Waals surface area contributed by atoms with E-state index in [-0.39, 0.29) is 28.6 Å². The maximum Gasteiger partial charge on any atom is 0.296 e. The molecule has 0 radical (unpaired) electrons. The van der Waals surface area contributed by atoms with Crippen LogP contribution in [0.5, 0.6) is 6.01 Å². The van der Waals surface area contributed by atoms with Gasteiger partial charge in [-0.05, 0) is 47.7 Å². The summed E-state index contributed by atoms with van der Waals surface area (Å²) >= 11 is 0. The van der Waals surface area contributed by atoms with Crippen LogP contribution in [0.2, 0.25) is 0 Å². The van der Waals surface area contributed by atoms with Crippen LogP contribution in [0.3, 0.4) is 0 Å². The second-order valence-electron chi connectivity index (χ2n) is 10.7. The fourth-order valence-corrected chi connectivity index (χ4v) is 7.16. The molecule has 0 unspecified atom stereocenters. The molecule has 0 amide bonds. The zero-order valence-electron chi connectivity index (χ0n) is 18.7. The second kappa shape index (κ2) is 6.30. The van der Waals surface area contributed by atoms with Crippen LogP contribution in [-0.4, -0.2) is 55.1 Å². The number of fused-ring (bicyclic) bond motifs is 3. The second-order valence-corrected chi connectivity index (χ2v) is 10.7. The fraction of sp³-hybridized carbons (Fsp3) is 0.667. The van der Waals surface area contributed by atoms with E-state index in [1.807, 2.05) is 19.9 Å². The number of ketones is 1. The summed E-state index contributed by atoms with van der Waals surface area (Å²) < 4.78 is 7.85. The minimum atomic E-state index is -1.94. The Morgan fingerprint density at radius 3 is 2.68 bits per heavy atom. The van der Waals surface area contributed by atoms with Crippen LogP contribution in [0.15, 0.2) is 35.7 Å². The molecule has 4 aliphatic carbocycles. The summed E-state index contributed by atoms with van der Waals surface area (Å²) in [5, 5.41) is 34.0. The number of nitrogens with zero attached hydrogens (tertiary/aromatic N) is 2. The first kappa shape index (κ1) is 20.9. The molecule has 2 fully saturated rings. The summed E-state index contributed by atoms with van der Waals surface area (Å²) in [7, 11) is 1.78. The number of carbonyl (C=O) groups excluding carboxylic acids is 1. The van der Waals surface area contributed by atoms with Crippen molar-refractivity contribution in [3.63, 3.8) is 0 Å². The minimum Gasteiger partial charge on any atom is -0.454 e. The number of carbonyl (C=O) groups is 1. The lowest BCUT2D eigenvalue weighted by molar-refractivity contribution is -0.186. The molecule has 7 nitrogen and oxygen atoms in total. The normalized spacial score (nSPS) is 45.1. The molecule has 3 N–H and O–H groups in total. The summed E-state index contributed by atoms with van der Waals surface area (Å²) in [6, 6.07) is 0.295. The summed E-state index contributed by atoms with van der Waals surface area (Å²) in [6.45, 7) is 7.77. The molecule has 8 atom stereocenters. The summed E-state index contributed by atoms with van der Waals surface area (Å²) in [5.41, 5.74) is -2.24. The van der Waals surface area contributed by atoms with E-state index in [1.54, 1.807) is 30.1 Å². The van der Waals surface area contributed by atoms with Crippen LogP contribution in [0.25, 0.3) is 0 Å². The van der Waals surface area contributed by atoms with Crippen molar-refractivity contribution in [2.24, 2.45) is 41.5 Å². The average Bonchev–Trinajstić information content (AvgIpc) is 2.97. The van der Waals surface area contributed by atoms with E-state index in [0.717, 1.165) is 6.42 Å². The average molecular weight is 429 g/mol. The number of hydrogen-bond donors (Lipinski definition) is 3. The minimum absolute atomic E-state index is 0.0148. The Bertz CT molecular complexity index is 1010. The summed E-state index contributed by atoms with van der Waals surface area (Å²) in [5.74, 6) is -0.230. The van der Waals surface area contributed by atoms with Crippen molar-refractivity contribution in [3.05, 3.63) is 35.7 Å². The van der Waals surface area contributed by atoms with Crippen LogP contribution in [0.4, 0.5) is 0 Å². The first-order chi connectivity index (χ1) is 14.5. The van der Waals surface area contributed by atoms with E-state index in [1.165, 1.54) is 0 Å². The molecule has 0 aromatic carbocycles. The topological polar surface area (TPSA) is 105 Å². The van der Waals surface area contributed by atoms with Gasteiger partial charge in [-0.1, -0.05) is 32.9 Å². The number of aliphatic hydroxyl groups excluding tert-OH is 2. The number of rotatable bonds is 3. The third kappa shape index (κ3) is 2.35. The van der Waals surface area contributed by atoms with Crippen molar-refractivity contribution >= 4 is 5.78 Å².